The molecule has 0 saturated heterocycles. The monoisotopic (exact) mass is 254 g/mol. The fourth-order valence-corrected chi connectivity index (χ4v) is 0.823. The summed E-state index contributed by atoms with van der Waals surface area (Å²) in [5, 5.41) is 0.653. The van der Waals surface area contributed by atoms with Gasteiger partial charge in [0.1, 0.15) is 5.75 Å². The Bertz CT molecular complexity index is 390. The fraction of sp³-hybridized carbons (Fsp3) is 0.250. The Hall–Kier alpha value is -0.820. The van der Waals surface area contributed by atoms with Gasteiger partial charge in [-0.25, -0.2) is 0 Å². The van der Waals surface area contributed by atoms with Gasteiger partial charge in [0, 0.05) is 0 Å². The van der Waals surface area contributed by atoms with E-state index in [0.29, 0.717) is 5.02 Å². The summed E-state index contributed by atoms with van der Waals surface area (Å²) in [6.07, 6.45) is 0. The van der Waals surface area contributed by atoms with Crippen molar-refractivity contribution in [3.63, 3.8) is 0 Å². The molecular formula is C8H11ClO5S. The van der Waals surface area contributed by atoms with E-state index in [4.69, 9.17) is 20.9 Å². The number of rotatable bonds is 2. The molecule has 0 aromatic heterocycles. The van der Waals surface area contributed by atoms with E-state index >= 15 is 0 Å². The third-order valence-corrected chi connectivity index (χ3v) is 2.00. The summed E-state index contributed by atoms with van der Waals surface area (Å²) >= 11 is 5.70. The first-order valence-electron chi connectivity index (χ1n) is 3.72. The zero-order chi connectivity index (χ0) is 11.9. The van der Waals surface area contributed by atoms with Gasteiger partial charge in [-0.1, -0.05) is 23.7 Å². The molecule has 15 heavy (non-hydrogen) atoms. The van der Waals surface area contributed by atoms with E-state index in [0.717, 1.165) is 12.9 Å². The van der Waals surface area contributed by atoms with E-state index in [1.807, 2.05) is 18.2 Å². The van der Waals surface area contributed by atoms with Crippen molar-refractivity contribution in [2.75, 3.05) is 14.2 Å². The minimum absolute atomic E-state index is 0.653. The molecule has 7 heteroatoms. The number of methoxy groups -OCH3 is 1. The lowest BCUT2D eigenvalue weighted by Gasteiger charge is -1.98. The SMILES string of the molecule is COS(=O)(=O)O.COc1ccccc1Cl. The summed E-state index contributed by atoms with van der Waals surface area (Å²) in [5.74, 6) is 0.721. The van der Waals surface area contributed by atoms with Gasteiger partial charge in [0.25, 0.3) is 0 Å². The highest BCUT2D eigenvalue weighted by molar-refractivity contribution is 7.80. The molecule has 0 aliphatic rings. The van der Waals surface area contributed by atoms with Crippen LogP contribution in [-0.2, 0) is 14.6 Å². The predicted molar refractivity (Wildman–Crippen MR) is 56.6 cm³/mol. The van der Waals surface area contributed by atoms with Crippen LogP contribution in [0.1, 0.15) is 0 Å². The largest absolute Gasteiger partial charge is 0.495 e. The van der Waals surface area contributed by atoms with E-state index in [2.05, 4.69) is 4.18 Å². The number of hydrogen-bond donors (Lipinski definition) is 1. The molecule has 0 fully saturated rings. The Labute approximate surface area is 93.5 Å². The van der Waals surface area contributed by atoms with Crippen molar-refractivity contribution in [1.82, 2.24) is 0 Å². The maximum Gasteiger partial charge on any atom is 0.397 e. The molecule has 1 aromatic carbocycles. The maximum absolute atomic E-state index is 9.33. The molecule has 1 N–H and O–H groups in total. The molecule has 0 aliphatic heterocycles. The second-order valence-electron chi connectivity index (χ2n) is 2.23. The number of ether oxygens (including phenoxy) is 1. The van der Waals surface area contributed by atoms with Crippen molar-refractivity contribution in [2.24, 2.45) is 0 Å². The smallest absolute Gasteiger partial charge is 0.397 e. The predicted octanol–water partition coefficient (Wildman–Crippen LogP) is 1.78. The van der Waals surface area contributed by atoms with Crippen molar-refractivity contribution >= 4 is 22.0 Å². The van der Waals surface area contributed by atoms with Crippen LogP contribution in [0.2, 0.25) is 5.02 Å². The zero-order valence-electron chi connectivity index (χ0n) is 8.18. The van der Waals surface area contributed by atoms with Gasteiger partial charge in [0.15, 0.2) is 0 Å². The highest BCUT2D eigenvalue weighted by atomic mass is 35.5. The highest BCUT2D eigenvalue weighted by Gasteiger charge is 1.94. The van der Waals surface area contributed by atoms with Gasteiger partial charge < -0.3 is 4.74 Å². The molecule has 0 unspecified atom stereocenters. The van der Waals surface area contributed by atoms with Crippen LogP contribution < -0.4 is 4.74 Å². The molecule has 0 aliphatic carbocycles. The molecule has 1 rings (SSSR count). The van der Waals surface area contributed by atoms with E-state index in [-0.39, 0.29) is 0 Å². The van der Waals surface area contributed by atoms with Crippen LogP contribution in [0.15, 0.2) is 24.3 Å². The Morgan fingerprint density at radius 3 is 2.00 bits per heavy atom. The molecule has 86 valence electrons. The molecule has 5 nitrogen and oxygen atoms in total. The number of para-hydroxylation sites is 1. The summed E-state index contributed by atoms with van der Waals surface area (Å²) in [7, 11) is -1.69. The summed E-state index contributed by atoms with van der Waals surface area (Å²) in [6.45, 7) is 0. The van der Waals surface area contributed by atoms with Gasteiger partial charge >= 0.3 is 10.4 Å². The Kier molecular flexibility index (Phi) is 6.26. The number of hydrogen-bond acceptors (Lipinski definition) is 4. The Balaban J connectivity index is 0.000000288. The van der Waals surface area contributed by atoms with Crippen LogP contribution in [0.25, 0.3) is 0 Å². The minimum atomic E-state index is -4.16. The third kappa shape index (κ3) is 7.15. The van der Waals surface area contributed by atoms with E-state index < -0.39 is 10.4 Å². The lowest BCUT2D eigenvalue weighted by Crippen LogP contribution is -1.96. The second-order valence-corrected chi connectivity index (χ2v) is 3.82. The first kappa shape index (κ1) is 14.2. The Morgan fingerprint density at radius 2 is 1.73 bits per heavy atom. The molecule has 0 spiro atoms. The van der Waals surface area contributed by atoms with Crippen molar-refractivity contribution < 1.29 is 21.9 Å². The van der Waals surface area contributed by atoms with Gasteiger partial charge in [0.05, 0.1) is 19.2 Å². The standard InChI is InChI=1S/C7H7ClO.CH4O4S/c1-9-7-5-3-2-4-6(7)8;1-5-6(2,3)4/h2-5H,1H3;1H3,(H,2,3,4). The molecule has 0 amide bonds. The third-order valence-electron chi connectivity index (χ3n) is 1.27. The zero-order valence-corrected chi connectivity index (χ0v) is 9.75. The lowest BCUT2D eigenvalue weighted by molar-refractivity contribution is 0.324. The fourth-order valence-electron chi connectivity index (χ4n) is 0.610. The first-order chi connectivity index (χ1) is 6.90. The second kappa shape index (κ2) is 6.62. The van der Waals surface area contributed by atoms with E-state index in [1.165, 1.54) is 0 Å². The van der Waals surface area contributed by atoms with Crippen molar-refractivity contribution in [2.45, 2.75) is 0 Å². The van der Waals surface area contributed by atoms with E-state index in [9.17, 15) is 8.42 Å². The lowest BCUT2D eigenvalue weighted by atomic mass is 10.3. The van der Waals surface area contributed by atoms with Crippen LogP contribution in [-0.4, -0.2) is 27.2 Å². The molecule has 0 heterocycles. The van der Waals surface area contributed by atoms with E-state index in [1.54, 1.807) is 13.2 Å². The van der Waals surface area contributed by atoms with Crippen molar-refractivity contribution in [3.05, 3.63) is 29.3 Å². The van der Waals surface area contributed by atoms with Gasteiger partial charge in [-0.3, -0.25) is 8.74 Å². The number of benzene rings is 1. The molecule has 0 radical (unpaired) electrons. The minimum Gasteiger partial charge on any atom is -0.495 e. The van der Waals surface area contributed by atoms with Gasteiger partial charge in [0.2, 0.25) is 0 Å². The van der Waals surface area contributed by atoms with Crippen LogP contribution >= 0.6 is 11.6 Å². The highest BCUT2D eigenvalue weighted by Crippen LogP contribution is 2.21. The van der Waals surface area contributed by atoms with Gasteiger partial charge in [-0.05, 0) is 12.1 Å². The molecule has 0 saturated carbocycles. The van der Waals surface area contributed by atoms with Crippen LogP contribution in [0, 0.1) is 0 Å². The number of halogens is 1. The molecule has 0 atom stereocenters. The quantitative estimate of drug-likeness (QED) is 0.815. The average molecular weight is 255 g/mol. The summed E-state index contributed by atoms with van der Waals surface area (Å²) < 4.78 is 34.6. The molecular weight excluding hydrogens is 244 g/mol. The van der Waals surface area contributed by atoms with Gasteiger partial charge in [-0.15, -0.1) is 0 Å². The Morgan fingerprint density at radius 1 is 1.27 bits per heavy atom. The summed E-state index contributed by atoms with van der Waals surface area (Å²) in [6, 6.07) is 7.36. The van der Waals surface area contributed by atoms with Crippen LogP contribution in [0.3, 0.4) is 0 Å². The summed E-state index contributed by atoms with van der Waals surface area (Å²) in [4.78, 5) is 0. The molecule has 1 aromatic rings. The van der Waals surface area contributed by atoms with Crippen molar-refractivity contribution in [3.8, 4) is 5.75 Å². The van der Waals surface area contributed by atoms with Gasteiger partial charge in [-0.2, -0.15) is 8.42 Å². The van der Waals surface area contributed by atoms with Crippen LogP contribution in [0.5, 0.6) is 5.75 Å². The maximum atomic E-state index is 9.33. The normalized spacial score (nSPS) is 10.1. The van der Waals surface area contributed by atoms with Crippen LogP contribution in [0.4, 0.5) is 0 Å². The topological polar surface area (TPSA) is 72.8 Å². The average Bonchev–Trinajstić information content (AvgIpc) is 2.18. The first-order valence-corrected chi connectivity index (χ1v) is 5.46. The molecule has 0 bridgehead atoms. The van der Waals surface area contributed by atoms with Crippen molar-refractivity contribution in [1.29, 1.82) is 0 Å². The summed E-state index contributed by atoms with van der Waals surface area (Å²) in [5.41, 5.74) is 0.